The van der Waals surface area contributed by atoms with Crippen LogP contribution in [-0.4, -0.2) is 64.9 Å². The fourth-order valence-electron chi connectivity index (χ4n) is 3.43. The zero-order valence-corrected chi connectivity index (χ0v) is 18.1. The van der Waals surface area contributed by atoms with E-state index < -0.39 is 48.0 Å². The Kier molecular flexibility index (Phi) is 9.56. The second-order valence-electron chi connectivity index (χ2n) is 7.78. The van der Waals surface area contributed by atoms with Crippen LogP contribution < -0.4 is 16.1 Å². The van der Waals surface area contributed by atoms with Crippen LogP contribution in [0.15, 0.2) is 42.5 Å². The fraction of sp³-hybridized carbons (Fsp3) is 0.435. The van der Waals surface area contributed by atoms with Crippen molar-refractivity contribution in [3.05, 3.63) is 48.0 Å². The highest BCUT2D eigenvalue weighted by molar-refractivity contribution is 5.95. The number of ether oxygens (including phenoxy) is 1. The number of hydroxylamine groups is 1. The first-order valence-corrected chi connectivity index (χ1v) is 10.2. The van der Waals surface area contributed by atoms with Gasteiger partial charge in [-0.05, 0) is 25.5 Å². The van der Waals surface area contributed by atoms with Gasteiger partial charge in [-0.15, -0.1) is 6.58 Å². The van der Waals surface area contributed by atoms with E-state index in [4.69, 9.17) is 4.74 Å². The van der Waals surface area contributed by atoms with Gasteiger partial charge < -0.3 is 25.7 Å². The third kappa shape index (κ3) is 7.59. The molecule has 1 heterocycles. The molecule has 0 bridgehead atoms. The minimum Gasteiger partial charge on any atom is -0.391 e. The second-order valence-corrected chi connectivity index (χ2v) is 7.78. The Balaban J connectivity index is 2.08. The summed E-state index contributed by atoms with van der Waals surface area (Å²) in [6, 6.07) is 6.66. The molecular formula is C23H29N3O6. The lowest BCUT2D eigenvalue weighted by molar-refractivity contribution is -0.159. The summed E-state index contributed by atoms with van der Waals surface area (Å²) < 4.78 is 5.86. The van der Waals surface area contributed by atoms with Crippen LogP contribution in [0.1, 0.15) is 32.3 Å². The number of nitrogens with one attached hydrogen (secondary N) is 3. The summed E-state index contributed by atoms with van der Waals surface area (Å²) in [5, 5.41) is 25.0. The van der Waals surface area contributed by atoms with E-state index in [2.05, 4.69) is 29.1 Å². The third-order valence-corrected chi connectivity index (χ3v) is 4.87. The van der Waals surface area contributed by atoms with Gasteiger partial charge in [-0.2, -0.15) is 5.48 Å². The molecule has 0 spiro atoms. The number of carbonyl (C=O) groups excluding carboxylic acids is 3. The van der Waals surface area contributed by atoms with Gasteiger partial charge in [0, 0.05) is 31.4 Å². The molecule has 0 aliphatic carbocycles. The smallest absolute Gasteiger partial charge is 0.296 e. The number of Topliss-reactive ketones (excluding diaryl/α,β-unsaturated/α-hetero) is 1. The Morgan fingerprint density at radius 2 is 1.94 bits per heavy atom. The maximum absolute atomic E-state index is 13.1. The molecule has 5 N–H and O–H groups in total. The monoisotopic (exact) mass is 443 g/mol. The van der Waals surface area contributed by atoms with Gasteiger partial charge >= 0.3 is 0 Å². The highest BCUT2D eigenvalue weighted by Crippen LogP contribution is 2.25. The summed E-state index contributed by atoms with van der Waals surface area (Å²) in [6.07, 6.45) is -2.10. The molecule has 32 heavy (non-hydrogen) atoms. The highest BCUT2D eigenvalue weighted by atomic mass is 16.5. The number of hydrogen-bond acceptors (Lipinski definition) is 7. The number of aliphatic hydroxyl groups is 1. The zero-order valence-electron chi connectivity index (χ0n) is 18.1. The van der Waals surface area contributed by atoms with Crippen molar-refractivity contribution in [1.29, 1.82) is 0 Å². The number of rotatable bonds is 8. The number of ketones is 1. The van der Waals surface area contributed by atoms with E-state index in [-0.39, 0.29) is 13.0 Å². The summed E-state index contributed by atoms with van der Waals surface area (Å²) in [6.45, 7) is 6.62. The molecule has 9 nitrogen and oxygen atoms in total. The molecule has 1 fully saturated rings. The Hall–Kier alpha value is -3.03. The lowest BCUT2D eigenvalue weighted by atomic mass is 9.89. The van der Waals surface area contributed by atoms with E-state index >= 15 is 0 Å². The number of benzene rings is 1. The van der Waals surface area contributed by atoms with Crippen LogP contribution in [0.4, 0.5) is 0 Å². The molecule has 2 rings (SSSR count). The maximum Gasteiger partial charge on any atom is 0.296 e. The first-order valence-electron chi connectivity index (χ1n) is 10.2. The molecular weight excluding hydrogens is 414 g/mol. The van der Waals surface area contributed by atoms with Gasteiger partial charge in [-0.25, -0.2) is 0 Å². The molecule has 172 valence electrons. The molecule has 0 saturated carbocycles. The Bertz CT molecular complexity index is 892. The molecule has 0 aromatic heterocycles. The summed E-state index contributed by atoms with van der Waals surface area (Å²) in [5.74, 6) is 3.40. The van der Waals surface area contributed by atoms with Crippen molar-refractivity contribution in [3.8, 4) is 11.8 Å². The summed E-state index contributed by atoms with van der Waals surface area (Å²) >= 11 is 0. The fourth-order valence-corrected chi connectivity index (χ4v) is 3.43. The molecule has 1 saturated heterocycles. The standard InChI is InChI=1S/C23H29N3O6/c1-14(2)11-17-12-19(28)21(25-15(3)27)23(32-17)22(30)18(26-31)13-24-20(29)10-9-16-7-5-4-6-8-16/h4-8,17-19,21,23,26,28,31H,1,11-13H2,2-3H3,(H,24,29)(H,25,27). The Labute approximate surface area is 187 Å². The summed E-state index contributed by atoms with van der Waals surface area (Å²) in [4.78, 5) is 36.7. The lowest BCUT2D eigenvalue weighted by Crippen LogP contribution is -2.63. The molecule has 1 aromatic carbocycles. The maximum atomic E-state index is 13.1. The van der Waals surface area contributed by atoms with E-state index in [1.165, 1.54) is 6.92 Å². The molecule has 1 aliphatic heterocycles. The van der Waals surface area contributed by atoms with Crippen molar-refractivity contribution < 1.29 is 29.4 Å². The van der Waals surface area contributed by atoms with Crippen LogP contribution >= 0.6 is 0 Å². The van der Waals surface area contributed by atoms with Gasteiger partial charge in [0.15, 0.2) is 5.78 Å². The molecule has 2 amide bonds. The highest BCUT2D eigenvalue weighted by Gasteiger charge is 2.44. The normalized spacial score (nSPS) is 23.2. The van der Waals surface area contributed by atoms with Crippen molar-refractivity contribution in [2.24, 2.45) is 0 Å². The predicted molar refractivity (Wildman–Crippen MR) is 116 cm³/mol. The second kappa shape index (κ2) is 12.1. The molecule has 5 atom stereocenters. The average molecular weight is 444 g/mol. The van der Waals surface area contributed by atoms with Crippen LogP contribution in [-0.2, 0) is 19.1 Å². The van der Waals surface area contributed by atoms with Crippen LogP contribution in [0, 0.1) is 11.8 Å². The largest absolute Gasteiger partial charge is 0.391 e. The van der Waals surface area contributed by atoms with E-state index in [0.29, 0.717) is 12.0 Å². The molecule has 1 aromatic rings. The van der Waals surface area contributed by atoms with Gasteiger partial charge in [0.25, 0.3) is 5.91 Å². The van der Waals surface area contributed by atoms with Crippen molar-refractivity contribution in [1.82, 2.24) is 16.1 Å². The quantitative estimate of drug-likeness (QED) is 0.218. The van der Waals surface area contributed by atoms with Crippen molar-refractivity contribution in [2.45, 2.75) is 57.1 Å². The van der Waals surface area contributed by atoms with Crippen molar-refractivity contribution in [3.63, 3.8) is 0 Å². The van der Waals surface area contributed by atoms with Gasteiger partial charge in [-0.3, -0.25) is 14.4 Å². The van der Waals surface area contributed by atoms with Crippen molar-refractivity contribution >= 4 is 17.6 Å². The van der Waals surface area contributed by atoms with E-state index in [0.717, 1.165) is 5.57 Å². The molecule has 5 unspecified atom stereocenters. The van der Waals surface area contributed by atoms with Crippen LogP contribution in [0.2, 0.25) is 0 Å². The first kappa shape index (κ1) is 25.2. The number of carbonyl (C=O) groups is 3. The van der Waals surface area contributed by atoms with E-state index in [1.54, 1.807) is 31.2 Å². The Morgan fingerprint density at radius 3 is 2.53 bits per heavy atom. The number of amides is 2. The molecule has 9 heteroatoms. The first-order chi connectivity index (χ1) is 15.2. The van der Waals surface area contributed by atoms with Gasteiger partial charge in [0.05, 0.1) is 18.2 Å². The third-order valence-electron chi connectivity index (χ3n) is 4.87. The lowest BCUT2D eigenvalue weighted by Gasteiger charge is -2.40. The number of hydrogen-bond donors (Lipinski definition) is 5. The van der Waals surface area contributed by atoms with E-state index in [9.17, 15) is 24.7 Å². The van der Waals surface area contributed by atoms with Crippen LogP contribution in [0.3, 0.4) is 0 Å². The minimum atomic E-state index is -1.24. The van der Waals surface area contributed by atoms with Gasteiger partial charge in [0.1, 0.15) is 12.1 Å². The number of aliphatic hydroxyl groups excluding tert-OH is 1. The van der Waals surface area contributed by atoms with Crippen molar-refractivity contribution in [2.75, 3.05) is 6.54 Å². The van der Waals surface area contributed by atoms with Gasteiger partial charge in [-0.1, -0.05) is 29.7 Å². The van der Waals surface area contributed by atoms with E-state index in [1.807, 2.05) is 11.5 Å². The average Bonchev–Trinajstić information content (AvgIpc) is 2.74. The SMILES string of the molecule is C=C(C)CC1CC(O)C(NC(C)=O)C(C(=O)C(CNC(=O)C#Cc2ccccc2)NO)O1. The predicted octanol–water partition coefficient (Wildman–Crippen LogP) is 0.0601. The topological polar surface area (TPSA) is 137 Å². The van der Waals surface area contributed by atoms with Crippen LogP contribution in [0.25, 0.3) is 0 Å². The van der Waals surface area contributed by atoms with Crippen LogP contribution in [0.5, 0.6) is 0 Å². The molecule has 0 radical (unpaired) electrons. The van der Waals surface area contributed by atoms with Gasteiger partial charge in [0.2, 0.25) is 5.91 Å². The summed E-state index contributed by atoms with van der Waals surface area (Å²) in [7, 11) is 0. The summed E-state index contributed by atoms with van der Waals surface area (Å²) in [5.41, 5.74) is 3.34. The Morgan fingerprint density at radius 1 is 1.25 bits per heavy atom. The molecule has 1 aliphatic rings. The minimum absolute atomic E-state index is 0.213. The zero-order chi connectivity index (χ0) is 23.7.